The molecule has 0 saturated heterocycles. The molecule has 5 nitrogen and oxygen atoms in total. The molecule has 0 atom stereocenters. The Labute approximate surface area is 118 Å². The fourth-order valence-corrected chi connectivity index (χ4v) is 1.61. The van der Waals surface area contributed by atoms with Crippen LogP contribution in [0.5, 0.6) is 0 Å². The molecule has 0 bridgehead atoms. The second-order valence-corrected chi connectivity index (χ2v) is 4.22. The highest BCUT2D eigenvalue weighted by Crippen LogP contribution is 2.11. The summed E-state index contributed by atoms with van der Waals surface area (Å²) < 4.78 is 13.5. The van der Waals surface area contributed by atoms with Gasteiger partial charge in [0.1, 0.15) is 11.0 Å². The van der Waals surface area contributed by atoms with E-state index in [0.29, 0.717) is 5.01 Å². The van der Waals surface area contributed by atoms with Crippen molar-refractivity contribution in [3.8, 4) is 0 Å². The molecule has 0 saturated carbocycles. The molecule has 0 spiro atoms. The Kier molecular flexibility index (Phi) is 4.07. The molecule has 2 aromatic rings. The predicted octanol–water partition coefficient (Wildman–Crippen LogP) is 2.03. The lowest BCUT2D eigenvalue weighted by Gasteiger charge is -2.14. The van der Waals surface area contributed by atoms with Gasteiger partial charge >= 0.3 is 0 Å². The van der Waals surface area contributed by atoms with Crippen molar-refractivity contribution >= 4 is 23.4 Å². The molecule has 0 unspecified atom stereocenters. The van der Waals surface area contributed by atoms with Gasteiger partial charge in [0, 0.05) is 6.20 Å². The molecule has 0 aliphatic rings. The first-order valence-electron chi connectivity index (χ1n) is 5.50. The normalized spacial score (nSPS) is 10.2. The summed E-state index contributed by atoms with van der Waals surface area (Å²) in [5.41, 5.74) is -0.216. The number of carbonyl (C=O) groups is 2. The Hall–Kier alpha value is -2.31. The Morgan fingerprint density at radius 1 is 1.15 bits per heavy atom. The summed E-state index contributed by atoms with van der Waals surface area (Å²) in [6, 6.07) is 8.00. The largest absolute Gasteiger partial charge is 0.278 e. The number of aromatic nitrogens is 1. The quantitative estimate of drug-likeness (QED) is 0.302. The van der Waals surface area contributed by atoms with Crippen LogP contribution in [0, 0.1) is 5.82 Å². The maximum Gasteiger partial charge on any atom is 0.278 e. The summed E-state index contributed by atoms with van der Waals surface area (Å²) in [5.74, 6) is 2.94. The van der Waals surface area contributed by atoms with Gasteiger partial charge in [0.25, 0.3) is 11.8 Å². The SMILES string of the molecule is NN(C(=O)c1ccc(Cl)nc1)C(=O)c1ccccc1F. The number of nitrogens with two attached hydrogens (primary N) is 1. The van der Waals surface area contributed by atoms with Crippen molar-refractivity contribution in [2.45, 2.75) is 0 Å². The second-order valence-electron chi connectivity index (χ2n) is 3.83. The Balaban J connectivity index is 2.25. The summed E-state index contributed by atoms with van der Waals surface area (Å²) >= 11 is 5.59. The Bertz CT molecular complexity index is 661. The van der Waals surface area contributed by atoms with E-state index in [9.17, 15) is 14.0 Å². The Morgan fingerprint density at radius 3 is 2.45 bits per heavy atom. The van der Waals surface area contributed by atoms with E-state index < -0.39 is 17.6 Å². The summed E-state index contributed by atoms with van der Waals surface area (Å²) in [4.78, 5) is 27.6. The summed E-state index contributed by atoms with van der Waals surface area (Å²) in [6.07, 6.45) is 1.18. The monoisotopic (exact) mass is 293 g/mol. The van der Waals surface area contributed by atoms with E-state index in [-0.39, 0.29) is 16.3 Å². The van der Waals surface area contributed by atoms with Gasteiger partial charge in [0.05, 0.1) is 11.1 Å². The van der Waals surface area contributed by atoms with E-state index >= 15 is 0 Å². The molecular weight excluding hydrogens is 285 g/mol. The highest BCUT2D eigenvalue weighted by Gasteiger charge is 2.23. The van der Waals surface area contributed by atoms with Gasteiger partial charge in [-0.15, -0.1) is 0 Å². The van der Waals surface area contributed by atoms with Crippen LogP contribution < -0.4 is 5.84 Å². The third-order valence-corrected chi connectivity index (χ3v) is 2.74. The lowest BCUT2D eigenvalue weighted by atomic mass is 10.2. The second kappa shape index (κ2) is 5.77. The number of carbonyl (C=O) groups excluding carboxylic acids is 2. The van der Waals surface area contributed by atoms with E-state index in [4.69, 9.17) is 17.4 Å². The van der Waals surface area contributed by atoms with E-state index in [1.807, 2.05) is 0 Å². The first-order chi connectivity index (χ1) is 9.50. The molecule has 7 heteroatoms. The van der Waals surface area contributed by atoms with E-state index in [0.717, 1.165) is 6.07 Å². The van der Waals surface area contributed by atoms with Crippen LogP contribution in [-0.4, -0.2) is 21.8 Å². The molecule has 20 heavy (non-hydrogen) atoms. The molecule has 2 N–H and O–H groups in total. The van der Waals surface area contributed by atoms with Gasteiger partial charge < -0.3 is 0 Å². The molecule has 0 aliphatic carbocycles. The smallest absolute Gasteiger partial charge is 0.267 e. The average Bonchev–Trinajstić information content (AvgIpc) is 2.46. The minimum absolute atomic E-state index is 0.0709. The zero-order valence-corrected chi connectivity index (χ0v) is 10.8. The molecule has 2 amide bonds. The highest BCUT2D eigenvalue weighted by atomic mass is 35.5. The van der Waals surface area contributed by atoms with E-state index in [1.54, 1.807) is 0 Å². The summed E-state index contributed by atoms with van der Waals surface area (Å²) in [6.45, 7) is 0. The van der Waals surface area contributed by atoms with Crippen molar-refractivity contribution in [1.82, 2.24) is 9.99 Å². The van der Waals surface area contributed by atoms with Gasteiger partial charge in [-0.3, -0.25) is 9.59 Å². The average molecular weight is 294 g/mol. The number of hydrazine groups is 1. The van der Waals surface area contributed by atoms with Gasteiger partial charge in [-0.1, -0.05) is 23.7 Å². The van der Waals surface area contributed by atoms with Crippen LogP contribution in [-0.2, 0) is 0 Å². The summed E-state index contributed by atoms with van der Waals surface area (Å²) in [5, 5.41) is 0.536. The molecule has 0 fully saturated rings. The highest BCUT2D eigenvalue weighted by molar-refractivity contribution is 6.29. The maximum atomic E-state index is 13.5. The van der Waals surface area contributed by atoms with Crippen LogP contribution in [0.2, 0.25) is 5.15 Å². The van der Waals surface area contributed by atoms with Crippen LogP contribution in [0.4, 0.5) is 4.39 Å². The van der Waals surface area contributed by atoms with Gasteiger partial charge in [-0.25, -0.2) is 20.2 Å². The van der Waals surface area contributed by atoms with Crippen molar-refractivity contribution in [3.63, 3.8) is 0 Å². The zero-order chi connectivity index (χ0) is 14.7. The molecule has 0 radical (unpaired) electrons. The molecule has 1 aromatic carbocycles. The van der Waals surface area contributed by atoms with Crippen LogP contribution in [0.3, 0.4) is 0 Å². The van der Waals surface area contributed by atoms with Crippen LogP contribution in [0.25, 0.3) is 0 Å². The maximum absolute atomic E-state index is 13.5. The number of nitrogens with zero attached hydrogens (tertiary/aromatic N) is 2. The predicted molar refractivity (Wildman–Crippen MR) is 70.3 cm³/mol. The molecule has 0 aliphatic heterocycles. The number of pyridine rings is 1. The third kappa shape index (κ3) is 2.81. The van der Waals surface area contributed by atoms with Gasteiger partial charge in [0.15, 0.2) is 0 Å². The molecule has 102 valence electrons. The van der Waals surface area contributed by atoms with Crippen LogP contribution in [0.1, 0.15) is 20.7 Å². The van der Waals surface area contributed by atoms with E-state index in [1.165, 1.54) is 36.5 Å². The van der Waals surface area contributed by atoms with Crippen molar-refractivity contribution < 1.29 is 14.0 Å². The number of benzene rings is 1. The van der Waals surface area contributed by atoms with Crippen LogP contribution >= 0.6 is 11.6 Å². The van der Waals surface area contributed by atoms with Gasteiger partial charge in [-0.2, -0.15) is 0 Å². The van der Waals surface area contributed by atoms with Crippen molar-refractivity contribution in [2.24, 2.45) is 5.84 Å². The molecule has 1 heterocycles. The Morgan fingerprint density at radius 2 is 1.85 bits per heavy atom. The number of amides is 2. The molecule has 2 rings (SSSR count). The molecule has 1 aromatic heterocycles. The molecular formula is C13H9ClFN3O2. The fourth-order valence-electron chi connectivity index (χ4n) is 1.50. The van der Waals surface area contributed by atoms with Crippen molar-refractivity contribution in [3.05, 3.63) is 64.7 Å². The lowest BCUT2D eigenvalue weighted by molar-refractivity contribution is 0.0612. The van der Waals surface area contributed by atoms with Crippen molar-refractivity contribution in [1.29, 1.82) is 0 Å². The first kappa shape index (κ1) is 14.1. The number of imide groups is 1. The number of halogens is 2. The summed E-state index contributed by atoms with van der Waals surface area (Å²) in [7, 11) is 0. The minimum Gasteiger partial charge on any atom is -0.267 e. The van der Waals surface area contributed by atoms with E-state index in [2.05, 4.69) is 4.98 Å². The van der Waals surface area contributed by atoms with Gasteiger partial charge in [-0.05, 0) is 24.3 Å². The lowest BCUT2D eigenvalue weighted by Crippen LogP contribution is -2.43. The minimum atomic E-state index is -0.942. The topological polar surface area (TPSA) is 76.3 Å². The number of hydrogen-bond acceptors (Lipinski definition) is 4. The number of hydrogen-bond donors (Lipinski definition) is 1. The van der Waals surface area contributed by atoms with Gasteiger partial charge in [0.2, 0.25) is 0 Å². The van der Waals surface area contributed by atoms with Crippen molar-refractivity contribution in [2.75, 3.05) is 0 Å². The fraction of sp³-hybridized carbons (Fsp3) is 0. The standard InChI is InChI=1S/C13H9ClFN3O2/c14-11-6-5-8(7-17-11)12(19)18(16)13(20)9-3-1-2-4-10(9)15/h1-7H,16H2. The first-order valence-corrected chi connectivity index (χ1v) is 5.88. The third-order valence-electron chi connectivity index (χ3n) is 2.52. The van der Waals surface area contributed by atoms with Crippen LogP contribution in [0.15, 0.2) is 42.6 Å². The zero-order valence-electron chi connectivity index (χ0n) is 10.1. The number of rotatable bonds is 2.